The molecule has 0 atom stereocenters. The summed E-state index contributed by atoms with van der Waals surface area (Å²) in [4.78, 5) is 0. The Bertz CT molecular complexity index is 1980. The number of hydrogen-bond acceptors (Lipinski definition) is 2. The van der Waals surface area contributed by atoms with Gasteiger partial charge in [0.1, 0.15) is 0 Å². The van der Waals surface area contributed by atoms with Crippen molar-refractivity contribution in [2.75, 3.05) is 0 Å². The van der Waals surface area contributed by atoms with Gasteiger partial charge in [-0.3, -0.25) is 0 Å². The quantitative estimate of drug-likeness (QED) is 0.247. The van der Waals surface area contributed by atoms with Gasteiger partial charge in [0, 0.05) is 10.8 Å². The predicted molar refractivity (Wildman–Crippen MR) is 170 cm³/mol. The second kappa shape index (κ2) is 8.22. The van der Waals surface area contributed by atoms with E-state index in [1.807, 2.05) is 13.8 Å². The van der Waals surface area contributed by atoms with Crippen molar-refractivity contribution in [3.05, 3.63) is 131 Å². The third-order valence-electron chi connectivity index (χ3n) is 9.83. The standard InChI is InChI=1S/C37H32BNO2/c1-35(2,40)36(3,4)41-38-23-20-21-30-33(22-23)39-32-19-10-7-14-26(32)27-15-11-18-31(34(27)39)37(30)28-16-8-5-12-24(28)25-13-6-9-17-29(25)37/h5-22,38,40H,1-4H3. The highest BCUT2D eigenvalue weighted by Gasteiger charge is 2.50. The Kier molecular flexibility index (Phi) is 4.95. The molecule has 200 valence electrons. The molecule has 0 fully saturated rings. The van der Waals surface area contributed by atoms with Gasteiger partial charge in [-0.15, -0.1) is 0 Å². The molecule has 0 unspecified atom stereocenters. The fourth-order valence-electron chi connectivity index (χ4n) is 7.14. The maximum Gasteiger partial charge on any atom is 0.309 e. The molecule has 6 aromatic rings. The molecule has 0 radical (unpaired) electrons. The summed E-state index contributed by atoms with van der Waals surface area (Å²) in [5, 5.41) is 13.2. The van der Waals surface area contributed by atoms with E-state index in [1.54, 1.807) is 13.8 Å². The van der Waals surface area contributed by atoms with E-state index in [9.17, 15) is 5.11 Å². The van der Waals surface area contributed by atoms with Crippen molar-refractivity contribution >= 4 is 34.8 Å². The Morgan fingerprint density at radius 1 is 0.659 bits per heavy atom. The lowest BCUT2D eigenvalue weighted by Crippen LogP contribution is -2.49. The summed E-state index contributed by atoms with van der Waals surface area (Å²) in [5.74, 6) is 0. The van der Waals surface area contributed by atoms with Crippen molar-refractivity contribution in [3.8, 4) is 16.8 Å². The Morgan fingerprint density at radius 3 is 1.98 bits per heavy atom. The molecular weight excluding hydrogens is 501 g/mol. The van der Waals surface area contributed by atoms with Gasteiger partial charge >= 0.3 is 7.48 Å². The smallest absolute Gasteiger partial charge is 0.309 e. The van der Waals surface area contributed by atoms with Crippen LogP contribution in [0, 0.1) is 0 Å². The molecule has 0 amide bonds. The Hall–Kier alpha value is -4.12. The highest BCUT2D eigenvalue weighted by Crippen LogP contribution is 2.60. The first-order valence-corrected chi connectivity index (χ1v) is 14.5. The van der Waals surface area contributed by atoms with Gasteiger partial charge in [-0.2, -0.15) is 0 Å². The minimum absolute atomic E-state index is 0.411. The zero-order valence-corrected chi connectivity index (χ0v) is 23.9. The van der Waals surface area contributed by atoms with Crippen molar-refractivity contribution in [3.63, 3.8) is 0 Å². The summed E-state index contributed by atoms with van der Waals surface area (Å²) in [6, 6.07) is 40.3. The van der Waals surface area contributed by atoms with Crippen LogP contribution in [0.4, 0.5) is 0 Å². The summed E-state index contributed by atoms with van der Waals surface area (Å²) < 4.78 is 8.82. The average Bonchev–Trinajstić information content (AvgIpc) is 3.47. The maximum atomic E-state index is 10.7. The summed E-state index contributed by atoms with van der Waals surface area (Å²) in [5.41, 5.74) is 10.5. The Balaban J connectivity index is 1.48. The van der Waals surface area contributed by atoms with Crippen LogP contribution in [0.2, 0.25) is 0 Å². The Labute approximate surface area is 241 Å². The average molecular weight is 533 g/mol. The zero-order chi connectivity index (χ0) is 28.1. The van der Waals surface area contributed by atoms with Gasteiger partial charge in [-0.05, 0) is 73.2 Å². The first kappa shape index (κ1) is 24.7. The molecule has 0 bridgehead atoms. The molecule has 1 aliphatic carbocycles. The molecule has 3 nitrogen and oxygen atoms in total. The lowest BCUT2D eigenvalue weighted by molar-refractivity contribution is -0.0893. The van der Waals surface area contributed by atoms with Crippen LogP contribution in [0.25, 0.3) is 38.6 Å². The fourth-order valence-corrected chi connectivity index (χ4v) is 7.14. The highest BCUT2D eigenvalue weighted by molar-refractivity contribution is 6.47. The second-order valence-electron chi connectivity index (χ2n) is 12.6. The number of hydrogen-bond donors (Lipinski definition) is 1. The van der Waals surface area contributed by atoms with Crippen molar-refractivity contribution in [1.82, 2.24) is 4.57 Å². The van der Waals surface area contributed by atoms with E-state index in [0.29, 0.717) is 7.48 Å². The number of rotatable bonds is 4. The molecule has 4 heteroatoms. The van der Waals surface area contributed by atoms with Gasteiger partial charge in [-0.1, -0.05) is 103 Å². The highest BCUT2D eigenvalue weighted by atomic mass is 16.5. The third kappa shape index (κ3) is 3.12. The van der Waals surface area contributed by atoms with E-state index in [0.717, 1.165) is 5.46 Å². The van der Waals surface area contributed by atoms with E-state index in [2.05, 4.69) is 114 Å². The van der Waals surface area contributed by atoms with Gasteiger partial charge in [0.05, 0.1) is 33.3 Å². The zero-order valence-electron chi connectivity index (χ0n) is 23.9. The number of para-hydroxylation sites is 2. The Morgan fingerprint density at radius 2 is 1.27 bits per heavy atom. The molecule has 2 heterocycles. The molecule has 1 aliphatic heterocycles. The van der Waals surface area contributed by atoms with E-state index in [4.69, 9.17) is 4.65 Å². The summed E-state index contributed by atoms with van der Waals surface area (Å²) in [7, 11) is 0.411. The van der Waals surface area contributed by atoms with Crippen molar-refractivity contribution in [2.24, 2.45) is 0 Å². The van der Waals surface area contributed by atoms with Crippen molar-refractivity contribution in [2.45, 2.75) is 44.3 Å². The molecule has 0 saturated heterocycles. The number of nitrogens with zero attached hydrogens (tertiary/aromatic N) is 1. The molecule has 0 saturated carbocycles. The van der Waals surface area contributed by atoms with Crippen LogP contribution in [-0.2, 0) is 10.1 Å². The van der Waals surface area contributed by atoms with Crippen LogP contribution >= 0.6 is 0 Å². The second-order valence-corrected chi connectivity index (χ2v) is 12.6. The molecule has 5 aromatic carbocycles. The van der Waals surface area contributed by atoms with E-state index in [-0.39, 0.29) is 0 Å². The van der Waals surface area contributed by atoms with Crippen LogP contribution in [-0.4, -0.2) is 28.4 Å². The topological polar surface area (TPSA) is 34.4 Å². The van der Waals surface area contributed by atoms with E-state index < -0.39 is 16.6 Å². The molecular formula is C37H32BNO2. The molecule has 41 heavy (non-hydrogen) atoms. The van der Waals surface area contributed by atoms with Crippen LogP contribution in [0.3, 0.4) is 0 Å². The SMILES string of the molecule is CC(C)(O)C(C)(C)OBc1ccc2c(c1)-n1c3ccccc3c3cccc(c31)C21c2ccccc2-c2ccccc21. The minimum Gasteiger partial charge on any atom is -0.427 e. The number of aliphatic hydroxyl groups is 1. The minimum atomic E-state index is -0.968. The first-order chi connectivity index (χ1) is 19.7. The summed E-state index contributed by atoms with van der Waals surface area (Å²) in [6.45, 7) is 7.51. The number of aromatic nitrogens is 1. The number of fused-ring (bicyclic) bond motifs is 12. The maximum absolute atomic E-state index is 10.7. The normalized spacial score (nSPS) is 14.8. The van der Waals surface area contributed by atoms with Crippen LogP contribution < -0.4 is 5.46 Å². The summed E-state index contributed by atoms with van der Waals surface area (Å²) >= 11 is 0. The predicted octanol–water partition coefficient (Wildman–Crippen LogP) is 7.00. The van der Waals surface area contributed by atoms with Crippen LogP contribution in [0.15, 0.2) is 109 Å². The first-order valence-electron chi connectivity index (χ1n) is 14.5. The molecule has 8 rings (SSSR count). The van der Waals surface area contributed by atoms with E-state index in [1.165, 1.54) is 60.9 Å². The molecule has 2 aliphatic rings. The van der Waals surface area contributed by atoms with Gasteiger partial charge in [0.25, 0.3) is 0 Å². The third-order valence-corrected chi connectivity index (χ3v) is 9.83. The van der Waals surface area contributed by atoms with Gasteiger partial charge in [0.15, 0.2) is 0 Å². The van der Waals surface area contributed by atoms with Crippen LogP contribution in [0.1, 0.15) is 49.9 Å². The monoisotopic (exact) mass is 533 g/mol. The fraction of sp³-hybridized carbons (Fsp3) is 0.189. The molecule has 1 N–H and O–H groups in total. The van der Waals surface area contributed by atoms with Gasteiger partial charge < -0.3 is 14.3 Å². The van der Waals surface area contributed by atoms with Crippen molar-refractivity contribution in [1.29, 1.82) is 0 Å². The summed E-state index contributed by atoms with van der Waals surface area (Å²) in [6.07, 6.45) is 0. The van der Waals surface area contributed by atoms with Gasteiger partial charge in [-0.25, -0.2) is 0 Å². The largest absolute Gasteiger partial charge is 0.427 e. The van der Waals surface area contributed by atoms with Crippen molar-refractivity contribution < 1.29 is 9.76 Å². The molecule has 1 spiro atoms. The van der Waals surface area contributed by atoms with Crippen LogP contribution in [0.5, 0.6) is 0 Å². The number of benzene rings is 5. The van der Waals surface area contributed by atoms with E-state index >= 15 is 0 Å². The molecule has 1 aromatic heterocycles. The van der Waals surface area contributed by atoms with Gasteiger partial charge in [0.2, 0.25) is 0 Å². The lowest BCUT2D eigenvalue weighted by Gasteiger charge is -2.40. The lowest BCUT2D eigenvalue weighted by atomic mass is 9.65.